The van der Waals surface area contributed by atoms with Gasteiger partial charge >= 0.3 is 0 Å². The van der Waals surface area contributed by atoms with Gasteiger partial charge in [0.25, 0.3) is 5.91 Å². The molecule has 3 aromatic rings. The highest BCUT2D eigenvalue weighted by atomic mass is 127. The van der Waals surface area contributed by atoms with Crippen LogP contribution in [0.3, 0.4) is 0 Å². The van der Waals surface area contributed by atoms with Crippen molar-refractivity contribution >= 4 is 34.2 Å². The van der Waals surface area contributed by atoms with Crippen LogP contribution in [0.5, 0.6) is 11.5 Å². The lowest BCUT2D eigenvalue weighted by Gasteiger charge is -2.12. The van der Waals surface area contributed by atoms with Crippen molar-refractivity contribution in [3.05, 3.63) is 64.0 Å². The van der Waals surface area contributed by atoms with Crippen molar-refractivity contribution in [2.75, 3.05) is 19.5 Å². The topological polar surface area (TPSA) is 65.4 Å². The lowest BCUT2D eigenvalue weighted by Crippen LogP contribution is -2.14. The number of anilines is 1. The number of amides is 1. The second kappa shape index (κ2) is 7.56. The van der Waals surface area contributed by atoms with Crippen molar-refractivity contribution < 1.29 is 14.3 Å². The van der Waals surface area contributed by atoms with Gasteiger partial charge in [0.1, 0.15) is 0 Å². The van der Waals surface area contributed by atoms with Crippen LogP contribution >= 0.6 is 22.6 Å². The molecule has 2 aromatic carbocycles. The zero-order valence-corrected chi connectivity index (χ0v) is 15.9. The molecule has 0 spiro atoms. The summed E-state index contributed by atoms with van der Waals surface area (Å²) in [6, 6.07) is 12.8. The molecule has 0 aliphatic heterocycles. The minimum absolute atomic E-state index is 0.219. The zero-order valence-electron chi connectivity index (χ0n) is 13.7. The van der Waals surface area contributed by atoms with Gasteiger partial charge in [-0.3, -0.25) is 4.79 Å². The number of ether oxygens (including phenoxy) is 2. The molecule has 0 aliphatic carbocycles. The van der Waals surface area contributed by atoms with E-state index in [1.54, 1.807) is 37.2 Å². The Labute approximate surface area is 158 Å². The zero-order chi connectivity index (χ0) is 17.8. The molecule has 1 amide bonds. The van der Waals surface area contributed by atoms with Crippen LogP contribution in [0.2, 0.25) is 0 Å². The molecule has 0 saturated heterocycles. The average molecular weight is 449 g/mol. The van der Waals surface area contributed by atoms with Gasteiger partial charge in [-0.1, -0.05) is 6.07 Å². The van der Waals surface area contributed by atoms with Crippen molar-refractivity contribution in [2.45, 2.75) is 0 Å². The van der Waals surface area contributed by atoms with Gasteiger partial charge in [-0.25, -0.2) is 4.68 Å². The smallest absolute Gasteiger partial charge is 0.256 e. The normalized spacial score (nSPS) is 10.4. The first-order chi connectivity index (χ1) is 12.1. The number of benzene rings is 2. The van der Waals surface area contributed by atoms with E-state index in [4.69, 9.17) is 9.47 Å². The van der Waals surface area contributed by atoms with Crippen LogP contribution in [0.1, 0.15) is 10.4 Å². The third-order valence-corrected chi connectivity index (χ3v) is 4.48. The van der Waals surface area contributed by atoms with Crippen LogP contribution in [0.4, 0.5) is 5.69 Å². The number of carbonyl (C=O) groups is 1. The fourth-order valence-electron chi connectivity index (χ4n) is 2.37. The largest absolute Gasteiger partial charge is 0.493 e. The maximum Gasteiger partial charge on any atom is 0.256 e. The van der Waals surface area contributed by atoms with E-state index in [0.29, 0.717) is 22.7 Å². The Bertz CT molecular complexity index is 895. The van der Waals surface area contributed by atoms with Gasteiger partial charge in [0.15, 0.2) is 11.5 Å². The predicted molar refractivity (Wildman–Crippen MR) is 104 cm³/mol. The van der Waals surface area contributed by atoms with Gasteiger partial charge < -0.3 is 14.8 Å². The summed E-state index contributed by atoms with van der Waals surface area (Å²) in [4.78, 5) is 12.7. The molecule has 0 unspecified atom stereocenters. The number of methoxy groups -OCH3 is 2. The molecule has 128 valence electrons. The Morgan fingerprint density at radius 1 is 1.12 bits per heavy atom. The second-order valence-electron chi connectivity index (χ2n) is 5.14. The van der Waals surface area contributed by atoms with E-state index >= 15 is 0 Å². The summed E-state index contributed by atoms with van der Waals surface area (Å²) >= 11 is 2.10. The Balaban J connectivity index is 1.87. The lowest BCUT2D eigenvalue weighted by atomic mass is 10.1. The Hall–Kier alpha value is -2.55. The number of aromatic nitrogens is 2. The van der Waals surface area contributed by atoms with E-state index < -0.39 is 0 Å². The van der Waals surface area contributed by atoms with Gasteiger partial charge in [-0.05, 0) is 59.0 Å². The van der Waals surface area contributed by atoms with Gasteiger partial charge in [0.2, 0.25) is 0 Å². The molecule has 1 heterocycles. The molecule has 0 saturated carbocycles. The molecule has 0 aliphatic rings. The van der Waals surface area contributed by atoms with E-state index in [1.807, 2.05) is 36.5 Å². The Morgan fingerprint density at radius 2 is 1.88 bits per heavy atom. The average Bonchev–Trinajstić information content (AvgIpc) is 3.16. The standard InChI is InChI=1S/C18H16IN3O3/c1-24-16-10-14(15(19)11-17(16)25-2)18(23)21-12-5-3-6-13(9-12)22-8-4-7-20-22/h3-11H,1-2H3,(H,21,23). The van der Waals surface area contributed by atoms with Gasteiger partial charge in [0.05, 0.1) is 25.5 Å². The van der Waals surface area contributed by atoms with Gasteiger partial charge in [-0.15, -0.1) is 0 Å². The fourth-order valence-corrected chi connectivity index (χ4v) is 3.06. The fraction of sp³-hybridized carbons (Fsp3) is 0.111. The number of hydrogen-bond acceptors (Lipinski definition) is 4. The minimum Gasteiger partial charge on any atom is -0.493 e. The molecule has 0 fully saturated rings. The van der Waals surface area contributed by atoms with Crippen molar-refractivity contribution in [3.63, 3.8) is 0 Å². The molecule has 1 N–H and O–H groups in total. The number of halogens is 1. The Morgan fingerprint density at radius 3 is 2.56 bits per heavy atom. The SMILES string of the molecule is COc1cc(I)c(C(=O)Nc2cccc(-n3cccn3)c2)cc1OC. The Kier molecular flexibility index (Phi) is 5.22. The summed E-state index contributed by atoms with van der Waals surface area (Å²) in [7, 11) is 3.11. The summed E-state index contributed by atoms with van der Waals surface area (Å²) in [6.45, 7) is 0. The van der Waals surface area contributed by atoms with Crippen LogP contribution < -0.4 is 14.8 Å². The molecule has 1 aromatic heterocycles. The molecule has 0 atom stereocenters. The van der Waals surface area contributed by atoms with Crippen LogP contribution in [-0.2, 0) is 0 Å². The first-order valence-electron chi connectivity index (χ1n) is 7.45. The van der Waals surface area contributed by atoms with E-state index in [0.717, 1.165) is 9.26 Å². The highest BCUT2D eigenvalue weighted by Gasteiger charge is 2.16. The lowest BCUT2D eigenvalue weighted by molar-refractivity contribution is 0.102. The number of hydrogen-bond donors (Lipinski definition) is 1. The van der Waals surface area contributed by atoms with Crippen LogP contribution in [0.15, 0.2) is 54.9 Å². The summed E-state index contributed by atoms with van der Waals surface area (Å²) in [5, 5.41) is 7.10. The van der Waals surface area contributed by atoms with Crippen molar-refractivity contribution in [1.82, 2.24) is 9.78 Å². The highest BCUT2D eigenvalue weighted by molar-refractivity contribution is 14.1. The number of rotatable bonds is 5. The van der Waals surface area contributed by atoms with E-state index in [9.17, 15) is 4.79 Å². The summed E-state index contributed by atoms with van der Waals surface area (Å²) in [6.07, 6.45) is 3.55. The number of nitrogens with zero attached hydrogens (tertiary/aromatic N) is 2. The molecular weight excluding hydrogens is 433 g/mol. The first-order valence-corrected chi connectivity index (χ1v) is 8.53. The van der Waals surface area contributed by atoms with Crippen molar-refractivity contribution in [3.8, 4) is 17.2 Å². The highest BCUT2D eigenvalue weighted by Crippen LogP contribution is 2.31. The van der Waals surface area contributed by atoms with Crippen molar-refractivity contribution in [1.29, 1.82) is 0 Å². The maximum absolute atomic E-state index is 12.7. The van der Waals surface area contributed by atoms with E-state index in [1.165, 1.54) is 0 Å². The molecule has 3 rings (SSSR count). The minimum atomic E-state index is -0.219. The molecule has 7 heteroatoms. The van der Waals surface area contributed by atoms with Crippen molar-refractivity contribution in [2.24, 2.45) is 0 Å². The predicted octanol–water partition coefficient (Wildman–Crippen LogP) is 3.75. The van der Waals surface area contributed by atoms with Crippen LogP contribution in [-0.4, -0.2) is 29.9 Å². The quantitative estimate of drug-likeness (QED) is 0.603. The van der Waals surface area contributed by atoms with Crippen LogP contribution in [0.25, 0.3) is 5.69 Å². The van der Waals surface area contributed by atoms with Gasteiger partial charge in [0, 0.05) is 21.7 Å². The van der Waals surface area contributed by atoms with Gasteiger partial charge in [-0.2, -0.15) is 5.10 Å². The molecular formula is C18H16IN3O3. The number of nitrogens with one attached hydrogen (secondary N) is 1. The third kappa shape index (κ3) is 3.76. The summed E-state index contributed by atoms with van der Waals surface area (Å²) < 4.78 is 13.0. The maximum atomic E-state index is 12.7. The molecule has 6 nitrogen and oxygen atoms in total. The summed E-state index contributed by atoms with van der Waals surface area (Å²) in [5.74, 6) is 0.880. The molecule has 25 heavy (non-hydrogen) atoms. The monoisotopic (exact) mass is 449 g/mol. The first kappa shape index (κ1) is 17.3. The molecule has 0 radical (unpaired) electrons. The second-order valence-corrected chi connectivity index (χ2v) is 6.30. The van der Waals surface area contributed by atoms with E-state index in [2.05, 4.69) is 33.0 Å². The third-order valence-electron chi connectivity index (χ3n) is 3.59. The number of carbonyl (C=O) groups excluding carboxylic acids is 1. The van der Waals surface area contributed by atoms with Crippen LogP contribution in [0, 0.1) is 3.57 Å². The molecule has 0 bridgehead atoms. The van der Waals surface area contributed by atoms with E-state index in [-0.39, 0.29) is 5.91 Å². The summed E-state index contributed by atoms with van der Waals surface area (Å²) in [5.41, 5.74) is 2.07.